The molecule has 8 heteroatoms. The number of methoxy groups -OCH3 is 1. The molecule has 0 atom stereocenters. The molecule has 3 aromatic rings. The third-order valence-corrected chi connectivity index (χ3v) is 6.44. The van der Waals surface area contributed by atoms with Crippen molar-refractivity contribution in [2.45, 2.75) is 11.4 Å². The second-order valence-corrected chi connectivity index (χ2v) is 8.67. The molecule has 0 saturated heterocycles. The van der Waals surface area contributed by atoms with Crippen LogP contribution in [0.2, 0.25) is 0 Å². The van der Waals surface area contributed by atoms with Gasteiger partial charge in [0.2, 0.25) is 4.80 Å². The smallest absolute Gasteiger partial charge is 0.285 e. The number of thiazole rings is 1. The van der Waals surface area contributed by atoms with E-state index in [0.717, 1.165) is 14.7 Å². The van der Waals surface area contributed by atoms with Crippen LogP contribution in [0.5, 0.6) is 5.75 Å². The van der Waals surface area contributed by atoms with Crippen LogP contribution in [0.15, 0.2) is 68.9 Å². The molecule has 0 aliphatic heterocycles. The first-order valence-corrected chi connectivity index (χ1v) is 10.3. The first-order chi connectivity index (χ1) is 11.9. The van der Waals surface area contributed by atoms with E-state index < -0.39 is 10.0 Å². The molecule has 5 nitrogen and oxygen atoms in total. The molecule has 0 bridgehead atoms. The van der Waals surface area contributed by atoms with Gasteiger partial charge in [-0.2, -0.15) is 8.42 Å². The number of hydrogen-bond acceptors (Lipinski definition) is 4. The third-order valence-electron chi connectivity index (χ3n) is 3.51. The second kappa shape index (κ2) is 7.15. The summed E-state index contributed by atoms with van der Waals surface area (Å²) in [4.78, 5) is 0.529. The van der Waals surface area contributed by atoms with Crippen LogP contribution in [-0.2, 0) is 16.6 Å². The summed E-state index contributed by atoms with van der Waals surface area (Å²) >= 11 is 4.76. The molecule has 0 N–H and O–H groups in total. The molecule has 1 aromatic heterocycles. The Hall–Kier alpha value is -1.90. The average Bonchev–Trinajstić information content (AvgIpc) is 2.91. The molecule has 0 amide bonds. The van der Waals surface area contributed by atoms with Gasteiger partial charge in [0.05, 0.1) is 22.2 Å². The summed E-state index contributed by atoms with van der Waals surface area (Å²) in [5, 5.41) is 0. The van der Waals surface area contributed by atoms with Gasteiger partial charge in [0.25, 0.3) is 10.0 Å². The molecule has 0 radical (unpaired) electrons. The number of sulfonamides is 1. The maximum Gasteiger partial charge on any atom is 0.285 e. The van der Waals surface area contributed by atoms with E-state index in [1.165, 1.54) is 30.6 Å². The first kappa shape index (κ1) is 17.9. The van der Waals surface area contributed by atoms with Crippen molar-refractivity contribution < 1.29 is 13.2 Å². The normalized spacial score (nSPS) is 12.5. The first-order valence-electron chi connectivity index (χ1n) is 7.29. The topological polar surface area (TPSA) is 60.7 Å². The summed E-state index contributed by atoms with van der Waals surface area (Å²) in [6, 6.07) is 12.0. The van der Waals surface area contributed by atoms with Gasteiger partial charge in [0.1, 0.15) is 5.75 Å². The summed E-state index contributed by atoms with van der Waals surface area (Å²) < 4.78 is 38.1. The number of nitrogens with zero attached hydrogens (tertiary/aromatic N) is 2. The highest BCUT2D eigenvalue weighted by Gasteiger charge is 2.15. The molecular weight excluding hydrogens is 424 g/mol. The zero-order valence-electron chi connectivity index (χ0n) is 13.3. The number of ether oxygens (including phenoxy) is 1. The fourth-order valence-corrected chi connectivity index (χ4v) is 5.12. The Morgan fingerprint density at radius 1 is 1.28 bits per heavy atom. The largest absolute Gasteiger partial charge is 0.497 e. The van der Waals surface area contributed by atoms with Crippen LogP contribution >= 0.6 is 27.3 Å². The van der Waals surface area contributed by atoms with Gasteiger partial charge < -0.3 is 9.30 Å². The highest BCUT2D eigenvalue weighted by atomic mass is 79.9. The predicted octanol–water partition coefficient (Wildman–Crippen LogP) is 3.95. The summed E-state index contributed by atoms with van der Waals surface area (Å²) in [5.41, 5.74) is 0.914. The minimum Gasteiger partial charge on any atom is -0.497 e. The van der Waals surface area contributed by atoms with E-state index in [1.807, 2.05) is 22.8 Å². The van der Waals surface area contributed by atoms with E-state index in [0.29, 0.717) is 17.1 Å². The molecule has 0 saturated carbocycles. The van der Waals surface area contributed by atoms with Crippen molar-refractivity contribution in [3.05, 3.63) is 64.4 Å². The van der Waals surface area contributed by atoms with Gasteiger partial charge in [0, 0.05) is 11.0 Å². The molecule has 1 heterocycles. The van der Waals surface area contributed by atoms with E-state index in [4.69, 9.17) is 4.74 Å². The zero-order valence-corrected chi connectivity index (χ0v) is 16.6. The highest BCUT2D eigenvalue weighted by molar-refractivity contribution is 9.10. The standard InChI is InChI=1S/C17H15BrN2O3S2/c1-3-10-20-15-9-4-12(18)11-16(15)24-17(20)19-25(21,22)14-7-5-13(23-2)6-8-14/h3-9,11H,1,10H2,2H3. The van der Waals surface area contributed by atoms with Crippen LogP contribution in [0, 0.1) is 0 Å². The van der Waals surface area contributed by atoms with Crippen molar-refractivity contribution in [3.8, 4) is 5.75 Å². The van der Waals surface area contributed by atoms with Gasteiger partial charge in [-0.15, -0.1) is 11.0 Å². The van der Waals surface area contributed by atoms with Gasteiger partial charge in [-0.05, 0) is 42.5 Å². The Balaban J connectivity index is 2.18. The van der Waals surface area contributed by atoms with E-state index in [1.54, 1.807) is 18.2 Å². The van der Waals surface area contributed by atoms with E-state index >= 15 is 0 Å². The van der Waals surface area contributed by atoms with Crippen molar-refractivity contribution in [1.29, 1.82) is 0 Å². The van der Waals surface area contributed by atoms with Gasteiger partial charge in [0.15, 0.2) is 0 Å². The fraction of sp³-hybridized carbons (Fsp3) is 0.118. The SMILES string of the molecule is C=CCn1c(=NS(=O)(=O)c2ccc(OC)cc2)sc2cc(Br)ccc21. The Bertz CT molecular complexity index is 1100. The summed E-state index contributed by atoms with van der Waals surface area (Å²) in [5.74, 6) is 0.590. The van der Waals surface area contributed by atoms with Crippen molar-refractivity contribution in [3.63, 3.8) is 0 Å². The van der Waals surface area contributed by atoms with Crippen molar-refractivity contribution >= 4 is 47.5 Å². The van der Waals surface area contributed by atoms with Crippen LogP contribution < -0.4 is 9.54 Å². The van der Waals surface area contributed by atoms with Crippen LogP contribution in [0.1, 0.15) is 0 Å². The van der Waals surface area contributed by atoms with Gasteiger partial charge in [-0.1, -0.05) is 33.3 Å². The molecule has 0 unspecified atom stereocenters. The van der Waals surface area contributed by atoms with E-state index in [-0.39, 0.29) is 4.90 Å². The quantitative estimate of drug-likeness (QED) is 0.566. The second-order valence-electron chi connectivity index (χ2n) is 5.14. The lowest BCUT2D eigenvalue weighted by atomic mass is 10.3. The van der Waals surface area contributed by atoms with Crippen molar-refractivity contribution in [2.75, 3.05) is 7.11 Å². The summed E-state index contributed by atoms with van der Waals surface area (Å²) in [7, 11) is -2.29. The average molecular weight is 439 g/mol. The maximum absolute atomic E-state index is 12.7. The van der Waals surface area contributed by atoms with Crippen molar-refractivity contribution in [2.24, 2.45) is 4.40 Å². The molecular formula is C17H15BrN2O3S2. The maximum atomic E-state index is 12.7. The molecule has 0 spiro atoms. The molecule has 3 rings (SSSR count). The number of hydrogen-bond donors (Lipinski definition) is 0. The molecule has 2 aromatic carbocycles. The number of allylic oxidation sites excluding steroid dienone is 1. The molecule has 0 fully saturated rings. The minimum absolute atomic E-state index is 0.122. The number of fused-ring (bicyclic) bond motifs is 1. The van der Waals surface area contributed by atoms with E-state index in [9.17, 15) is 8.42 Å². The number of halogens is 1. The predicted molar refractivity (Wildman–Crippen MR) is 103 cm³/mol. The molecule has 25 heavy (non-hydrogen) atoms. The van der Waals surface area contributed by atoms with Crippen molar-refractivity contribution in [1.82, 2.24) is 4.57 Å². The lowest BCUT2D eigenvalue weighted by molar-refractivity contribution is 0.414. The molecule has 130 valence electrons. The Morgan fingerprint density at radius 2 is 2.00 bits per heavy atom. The fourth-order valence-electron chi connectivity index (χ4n) is 2.33. The van der Waals surface area contributed by atoms with Gasteiger partial charge in [-0.25, -0.2) is 0 Å². The number of benzene rings is 2. The third kappa shape index (κ3) is 3.70. The Labute approximate surface area is 158 Å². The number of rotatable bonds is 5. The zero-order chi connectivity index (χ0) is 18.0. The van der Waals surface area contributed by atoms with Crippen LogP contribution in [0.25, 0.3) is 10.2 Å². The molecule has 0 aliphatic carbocycles. The Morgan fingerprint density at radius 3 is 2.64 bits per heavy atom. The molecule has 0 aliphatic rings. The van der Waals surface area contributed by atoms with E-state index in [2.05, 4.69) is 26.9 Å². The minimum atomic E-state index is -3.82. The lowest BCUT2D eigenvalue weighted by Crippen LogP contribution is -2.16. The highest BCUT2D eigenvalue weighted by Crippen LogP contribution is 2.23. The number of aromatic nitrogens is 1. The summed E-state index contributed by atoms with van der Waals surface area (Å²) in [6.07, 6.45) is 1.72. The van der Waals surface area contributed by atoms with Gasteiger partial charge >= 0.3 is 0 Å². The monoisotopic (exact) mass is 438 g/mol. The lowest BCUT2D eigenvalue weighted by Gasteiger charge is -2.03. The summed E-state index contributed by atoms with van der Waals surface area (Å²) in [6.45, 7) is 4.22. The Kier molecular flexibility index (Phi) is 5.12. The van der Waals surface area contributed by atoms with Crippen LogP contribution in [0.4, 0.5) is 0 Å². The van der Waals surface area contributed by atoms with Crippen LogP contribution in [-0.4, -0.2) is 20.1 Å². The van der Waals surface area contributed by atoms with Crippen LogP contribution in [0.3, 0.4) is 0 Å². The van der Waals surface area contributed by atoms with Gasteiger partial charge in [-0.3, -0.25) is 0 Å².